The van der Waals surface area contributed by atoms with Crippen molar-refractivity contribution in [2.75, 3.05) is 25.0 Å². The van der Waals surface area contributed by atoms with Gasteiger partial charge in [0.05, 0.1) is 23.5 Å². The third kappa shape index (κ3) is 4.29. The number of hydrogen-bond donors (Lipinski definition) is 1. The second kappa shape index (κ2) is 8.71. The molecule has 0 aliphatic carbocycles. The van der Waals surface area contributed by atoms with Gasteiger partial charge in [0.15, 0.2) is 16.8 Å². The minimum atomic E-state index is -4.69. The van der Waals surface area contributed by atoms with Crippen molar-refractivity contribution in [1.29, 1.82) is 0 Å². The highest BCUT2D eigenvalue weighted by Gasteiger charge is 2.47. The Morgan fingerprint density at radius 3 is 2.69 bits per heavy atom. The van der Waals surface area contributed by atoms with Gasteiger partial charge in [-0.1, -0.05) is 23.7 Å². The van der Waals surface area contributed by atoms with Gasteiger partial charge in [-0.25, -0.2) is 9.50 Å². The number of aromatic nitrogens is 3. The van der Waals surface area contributed by atoms with Gasteiger partial charge in [-0.3, -0.25) is 9.59 Å². The molecule has 0 saturated carbocycles. The molecule has 1 saturated heterocycles. The number of rotatable bonds is 4. The van der Waals surface area contributed by atoms with E-state index in [2.05, 4.69) is 15.4 Å². The minimum Gasteiger partial charge on any atom is -0.355 e. The van der Waals surface area contributed by atoms with E-state index in [0.29, 0.717) is 27.9 Å². The molecule has 1 fully saturated rings. The van der Waals surface area contributed by atoms with Gasteiger partial charge in [-0.05, 0) is 30.5 Å². The van der Waals surface area contributed by atoms with Crippen molar-refractivity contribution in [3.63, 3.8) is 0 Å². The summed E-state index contributed by atoms with van der Waals surface area (Å²) in [5.41, 5.74) is 3.02. The molecule has 2 aliphatic rings. The molecule has 184 valence electrons. The number of hydrogen-bond acceptors (Lipinski definition) is 5. The number of aryl methyl sites for hydroxylation is 1. The van der Waals surface area contributed by atoms with Crippen LogP contribution in [0.15, 0.2) is 36.5 Å². The van der Waals surface area contributed by atoms with Crippen LogP contribution in [-0.2, 0) is 16.0 Å². The maximum absolute atomic E-state index is 14.1. The summed E-state index contributed by atoms with van der Waals surface area (Å²) >= 11 is 6.03. The van der Waals surface area contributed by atoms with Crippen molar-refractivity contribution in [1.82, 2.24) is 24.8 Å². The van der Waals surface area contributed by atoms with Gasteiger partial charge in [0.25, 0.3) is 0 Å². The lowest BCUT2D eigenvalue weighted by Crippen LogP contribution is -2.43. The summed E-state index contributed by atoms with van der Waals surface area (Å²) < 4.78 is 43.9. The number of alkyl halides is 3. The molecule has 35 heavy (non-hydrogen) atoms. The van der Waals surface area contributed by atoms with E-state index in [4.69, 9.17) is 11.6 Å². The van der Waals surface area contributed by atoms with Crippen molar-refractivity contribution in [2.24, 2.45) is 5.92 Å². The predicted octanol–water partition coefficient (Wildman–Crippen LogP) is 3.66. The molecule has 8 nitrogen and oxygen atoms in total. The molecule has 2 atom stereocenters. The lowest BCUT2D eigenvalue weighted by molar-refractivity contribution is -0.190. The first kappa shape index (κ1) is 23.4. The highest BCUT2D eigenvalue weighted by atomic mass is 35.5. The van der Waals surface area contributed by atoms with Crippen molar-refractivity contribution in [3.8, 4) is 0 Å². The number of benzene rings is 1. The number of fused-ring (bicyclic) bond motifs is 3. The summed E-state index contributed by atoms with van der Waals surface area (Å²) in [4.78, 5) is 31.2. The Balaban J connectivity index is 1.44. The third-order valence-corrected chi connectivity index (χ3v) is 6.69. The van der Waals surface area contributed by atoms with Crippen LogP contribution in [0.1, 0.15) is 30.1 Å². The van der Waals surface area contributed by atoms with Crippen molar-refractivity contribution in [2.45, 2.75) is 31.5 Å². The van der Waals surface area contributed by atoms with Crippen molar-refractivity contribution >= 4 is 40.4 Å². The zero-order chi connectivity index (χ0) is 24.9. The largest absolute Gasteiger partial charge is 0.413 e. The number of carbonyl (C=O) groups excluding carboxylic acids is 2. The molecule has 4 heterocycles. The molecule has 1 N–H and O–H groups in total. The Morgan fingerprint density at radius 2 is 2.03 bits per heavy atom. The first-order chi connectivity index (χ1) is 16.6. The van der Waals surface area contributed by atoms with Crippen molar-refractivity contribution in [3.05, 3.63) is 52.9 Å². The number of anilines is 2. The third-order valence-electron chi connectivity index (χ3n) is 6.51. The van der Waals surface area contributed by atoms with Gasteiger partial charge in [0, 0.05) is 38.3 Å². The number of amides is 2. The second-order valence-electron chi connectivity index (χ2n) is 8.77. The molecule has 2 aliphatic heterocycles. The van der Waals surface area contributed by atoms with Crippen LogP contribution in [0.5, 0.6) is 0 Å². The van der Waals surface area contributed by atoms with E-state index >= 15 is 0 Å². The van der Waals surface area contributed by atoms with Crippen LogP contribution in [0.2, 0.25) is 5.15 Å². The van der Waals surface area contributed by atoms with E-state index in [-0.39, 0.29) is 24.4 Å². The van der Waals surface area contributed by atoms with E-state index in [1.165, 1.54) is 12.1 Å². The highest BCUT2D eigenvalue weighted by Crippen LogP contribution is 2.40. The lowest BCUT2D eigenvalue weighted by Gasteiger charge is -2.33. The Morgan fingerprint density at radius 1 is 1.29 bits per heavy atom. The zero-order valence-corrected chi connectivity index (χ0v) is 19.5. The fourth-order valence-electron chi connectivity index (χ4n) is 4.86. The number of nitrogens with zero attached hydrogens (tertiary/aromatic N) is 5. The number of carbonyl (C=O) groups is 2. The van der Waals surface area contributed by atoms with E-state index in [1.54, 1.807) is 28.9 Å². The molecule has 5 rings (SSSR count). The fourth-order valence-corrected chi connectivity index (χ4v) is 5.03. The van der Waals surface area contributed by atoms with Gasteiger partial charge in [0.1, 0.15) is 0 Å². The van der Waals surface area contributed by atoms with Gasteiger partial charge >= 0.3 is 6.18 Å². The number of halogens is 4. The predicted molar refractivity (Wildman–Crippen MR) is 122 cm³/mol. The molecule has 0 bridgehead atoms. The summed E-state index contributed by atoms with van der Waals surface area (Å²) in [7, 11) is 1.13. The maximum Gasteiger partial charge on any atom is 0.413 e. The molecule has 0 radical (unpaired) electrons. The topological polar surface area (TPSA) is 82.8 Å². The summed E-state index contributed by atoms with van der Waals surface area (Å²) in [5, 5.41) is 7.13. The molecule has 3 aromatic rings. The summed E-state index contributed by atoms with van der Waals surface area (Å²) in [5.74, 6) is -1.86. The SMILES string of the molecule is CN(C(=O)[C@H]1CNC(=O)C1)[C@H](c1ccc(N2CCCc3c2cnc2cc(Cl)nn32)cc1)C(F)(F)F. The smallest absolute Gasteiger partial charge is 0.355 e. The van der Waals surface area contributed by atoms with Crippen LogP contribution in [0.4, 0.5) is 24.5 Å². The van der Waals surface area contributed by atoms with E-state index in [0.717, 1.165) is 31.3 Å². The second-order valence-corrected chi connectivity index (χ2v) is 9.16. The molecule has 0 spiro atoms. The summed E-state index contributed by atoms with van der Waals surface area (Å²) in [6, 6.07) is 5.55. The van der Waals surface area contributed by atoms with Crippen molar-refractivity contribution < 1.29 is 22.8 Å². The molecular formula is C23H22ClF3N6O2. The van der Waals surface area contributed by atoms with Gasteiger partial charge in [-0.15, -0.1) is 0 Å². The minimum absolute atomic E-state index is 0.0443. The van der Waals surface area contributed by atoms with Crippen LogP contribution in [0, 0.1) is 5.92 Å². The van der Waals surface area contributed by atoms with Gasteiger partial charge in [0.2, 0.25) is 11.8 Å². The maximum atomic E-state index is 14.1. The Labute approximate surface area is 203 Å². The monoisotopic (exact) mass is 506 g/mol. The Hall–Kier alpha value is -3.34. The van der Waals surface area contributed by atoms with E-state index in [9.17, 15) is 22.8 Å². The normalized spacial score (nSPS) is 18.9. The zero-order valence-electron chi connectivity index (χ0n) is 18.7. The van der Waals surface area contributed by atoms with E-state index in [1.807, 2.05) is 4.90 Å². The van der Waals surface area contributed by atoms with Crippen LogP contribution >= 0.6 is 11.6 Å². The Kier molecular flexibility index (Phi) is 5.82. The first-order valence-corrected chi connectivity index (χ1v) is 11.5. The van der Waals surface area contributed by atoms with E-state index < -0.39 is 24.0 Å². The molecule has 2 amide bonds. The van der Waals surface area contributed by atoms with Gasteiger partial charge < -0.3 is 15.1 Å². The summed E-state index contributed by atoms with van der Waals surface area (Å²) in [6.07, 6.45) is -1.49. The highest BCUT2D eigenvalue weighted by molar-refractivity contribution is 6.29. The quantitative estimate of drug-likeness (QED) is 0.584. The number of nitrogens with one attached hydrogen (secondary N) is 1. The molecule has 2 aromatic heterocycles. The van der Waals surface area contributed by atoms with Crippen LogP contribution in [0.3, 0.4) is 0 Å². The van der Waals surface area contributed by atoms with Crippen LogP contribution in [-0.4, -0.2) is 57.6 Å². The van der Waals surface area contributed by atoms with Crippen LogP contribution in [0.25, 0.3) is 5.65 Å². The summed E-state index contributed by atoms with van der Waals surface area (Å²) in [6.45, 7) is 0.709. The average Bonchev–Trinajstić information content (AvgIpc) is 3.42. The van der Waals surface area contributed by atoms with Crippen LogP contribution < -0.4 is 10.2 Å². The fraction of sp³-hybridized carbons (Fsp3) is 0.391. The standard InChI is InChI=1S/C23H22ClF3N6O2/c1-31(22(35)14-9-20(34)29-11-14)21(23(25,26)27)13-4-6-15(7-5-13)32-8-2-3-16-17(32)12-28-19-10-18(24)30-33(16)19/h4-7,10,12,14,21H,2-3,8-9,11H2,1H3,(H,29,34)/t14-,21-/m1/s1. The Bertz CT molecular complexity index is 1290. The average molecular weight is 507 g/mol. The first-order valence-electron chi connectivity index (χ1n) is 11.1. The molecular weight excluding hydrogens is 485 g/mol. The molecule has 0 unspecified atom stereocenters. The molecule has 1 aromatic carbocycles. The lowest BCUT2D eigenvalue weighted by atomic mass is 10.0. The van der Waals surface area contributed by atoms with Gasteiger partial charge in [-0.2, -0.15) is 18.3 Å². The molecule has 12 heteroatoms.